The van der Waals surface area contributed by atoms with Gasteiger partial charge < -0.3 is 25.3 Å². The quantitative estimate of drug-likeness (QED) is 0.576. The summed E-state index contributed by atoms with van der Waals surface area (Å²) in [5, 5.41) is 6.09. The first-order chi connectivity index (χ1) is 15.7. The number of carbonyl (C=O) groups excluding carboxylic acids is 4. The van der Waals surface area contributed by atoms with E-state index in [-0.39, 0.29) is 58.5 Å². The number of nitrogens with one attached hydrogen (secondary N) is 3. The number of amides is 3. The monoisotopic (exact) mass is 454 g/mol. The summed E-state index contributed by atoms with van der Waals surface area (Å²) in [6.45, 7) is 5.13. The van der Waals surface area contributed by atoms with E-state index in [0.717, 1.165) is 0 Å². The van der Waals surface area contributed by atoms with E-state index in [4.69, 9.17) is 0 Å². The van der Waals surface area contributed by atoms with Crippen molar-refractivity contribution in [2.75, 3.05) is 13.1 Å². The molecule has 0 bridgehead atoms. The van der Waals surface area contributed by atoms with Crippen molar-refractivity contribution in [3.8, 4) is 0 Å². The number of hydrogen-bond acceptors (Lipinski definition) is 4. The SMILES string of the molecule is CC1(C)C2CN(C(=O)c3cc4cccc(F)c4[nH]3)[C@H](C(=O)N[C@H](C=O)C[C@@H]3CCNC3=O)[C@H]21. The molecule has 1 aromatic heterocycles. The number of fused-ring (bicyclic) bond motifs is 2. The Labute approximate surface area is 190 Å². The summed E-state index contributed by atoms with van der Waals surface area (Å²) in [4.78, 5) is 54.6. The molecule has 1 saturated carbocycles. The van der Waals surface area contributed by atoms with Gasteiger partial charge in [0, 0.05) is 24.4 Å². The molecule has 2 aromatic rings. The largest absolute Gasteiger partial charge is 0.356 e. The maximum atomic E-state index is 14.1. The first-order valence-corrected chi connectivity index (χ1v) is 11.3. The first kappa shape index (κ1) is 21.6. The van der Waals surface area contributed by atoms with Gasteiger partial charge in [0.05, 0.1) is 11.6 Å². The maximum Gasteiger partial charge on any atom is 0.271 e. The molecule has 3 fully saturated rings. The van der Waals surface area contributed by atoms with Crippen LogP contribution in [0.2, 0.25) is 0 Å². The van der Waals surface area contributed by atoms with Crippen molar-refractivity contribution < 1.29 is 23.6 Å². The van der Waals surface area contributed by atoms with Gasteiger partial charge in [0.15, 0.2) is 0 Å². The zero-order valence-electron chi connectivity index (χ0n) is 18.6. The molecule has 174 valence electrons. The summed E-state index contributed by atoms with van der Waals surface area (Å²) in [5.41, 5.74) is 0.386. The molecule has 33 heavy (non-hydrogen) atoms. The van der Waals surface area contributed by atoms with Crippen LogP contribution in [-0.2, 0) is 14.4 Å². The van der Waals surface area contributed by atoms with Gasteiger partial charge >= 0.3 is 0 Å². The van der Waals surface area contributed by atoms with Crippen molar-refractivity contribution >= 4 is 34.9 Å². The summed E-state index contributed by atoms with van der Waals surface area (Å²) < 4.78 is 14.1. The van der Waals surface area contributed by atoms with Crippen LogP contribution in [0.25, 0.3) is 10.9 Å². The number of nitrogens with zero attached hydrogens (tertiary/aromatic N) is 1. The van der Waals surface area contributed by atoms with Crippen LogP contribution in [0.5, 0.6) is 0 Å². The lowest BCUT2D eigenvalue weighted by Gasteiger charge is -2.30. The second-order valence-corrected chi connectivity index (χ2v) is 10.0. The Balaban J connectivity index is 1.37. The fourth-order valence-electron chi connectivity index (χ4n) is 5.78. The molecule has 2 saturated heterocycles. The summed E-state index contributed by atoms with van der Waals surface area (Å²) in [6.07, 6.45) is 1.52. The van der Waals surface area contributed by atoms with Crippen molar-refractivity contribution in [2.24, 2.45) is 23.2 Å². The predicted octanol–water partition coefficient (Wildman–Crippen LogP) is 1.61. The van der Waals surface area contributed by atoms with Crippen LogP contribution in [0.15, 0.2) is 24.3 Å². The third-order valence-electron chi connectivity index (χ3n) is 7.77. The number of likely N-dealkylation sites (tertiary alicyclic amines) is 1. The molecule has 1 aliphatic carbocycles. The lowest BCUT2D eigenvalue weighted by Crippen LogP contribution is -2.52. The van der Waals surface area contributed by atoms with Crippen molar-refractivity contribution in [2.45, 2.75) is 38.8 Å². The Kier molecular flexibility index (Phi) is 5.02. The summed E-state index contributed by atoms with van der Waals surface area (Å²) in [6, 6.07) is 4.68. The Bertz CT molecular complexity index is 1160. The predicted molar refractivity (Wildman–Crippen MR) is 118 cm³/mol. The summed E-state index contributed by atoms with van der Waals surface area (Å²) >= 11 is 0. The molecular formula is C24H27FN4O4. The Morgan fingerprint density at radius 1 is 1.36 bits per heavy atom. The van der Waals surface area contributed by atoms with Gasteiger partial charge in [-0.3, -0.25) is 14.4 Å². The number of H-pyrrole nitrogens is 1. The van der Waals surface area contributed by atoms with Gasteiger partial charge in [-0.15, -0.1) is 0 Å². The van der Waals surface area contributed by atoms with E-state index in [9.17, 15) is 23.6 Å². The number of para-hydroxylation sites is 1. The number of aromatic nitrogens is 1. The first-order valence-electron chi connectivity index (χ1n) is 11.3. The van der Waals surface area contributed by atoms with Crippen LogP contribution in [0.4, 0.5) is 4.39 Å². The number of aldehydes is 1. The van der Waals surface area contributed by atoms with Gasteiger partial charge in [0.2, 0.25) is 11.8 Å². The van der Waals surface area contributed by atoms with E-state index < -0.39 is 17.9 Å². The van der Waals surface area contributed by atoms with E-state index in [1.165, 1.54) is 11.0 Å². The molecule has 2 aliphatic heterocycles. The highest BCUT2D eigenvalue weighted by atomic mass is 19.1. The van der Waals surface area contributed by atoms with Gasteiger partial charge in [-0.2, -0.15) is 0 Å². The number of aromatic amines is 1. The topological polar surface area (TPSA) is 111 Å². The van der Waals surface area contributed by atoms with Crippen molar-refractivity contribution in [1.29, 1.82) is 0 Å². The Morgan fingerprint density at radius 3 is 2.82 bits per heavy atom. The molecule has 3 aliphatic rings. The average molecular weight is 455 g/mol. The molecule has 0 spiro atoms. The highest BCUT2D eigenvalue weighted by Crippen LogP contribution is 2.65. The molecule has 5 rings (SSSR count). The van der Waals surface area contributed by atoms with Crippen LogP contribution in [0.3, 0.4) is 0 Å². The number of carbonyl (C=O) groups is 4. The lowest BCUT2D eigenvalue weighted by atomic mass is 9.97. The van der Waals surface area contributed by atoms with Crippen LogP contribution in [0.1, 0.15) is 37.2 Å². The minimum absolute atomic E-state index is 0.0235. The van der Waals surface area contributed by atoms with Gasteiger partial charge in [-0.25, -0.2) is 4.39 Å². The van der Waals surface area contributed by atoms with E-state index in [1.807, 2.05) is 0 Å². The van der Waals surface area contributed by atoms with Gasteiger partial charge in [0.1, 0.15) is 23.8 Å². The highest BCUT2D eigenvalue weighted by molar-refractivity contribution is 6.01. The second kappa shape index (κ2) is 7.67. The van der Waals surface area contributed by atoms with E-state index in [2.05, 4.69) is 29.5 Å². The van der Waals surface area contributed by atoms with Crippen LogP contribution < -0.4 is 10.6 Å². The normalized spacial score (nSPS) is 28.3. The molecule has 1 aromatic carbocycles. The van der Waals surface area contributed by atoms with Crippen LogP contribution in [-0.4, -0.2) is 59.1 Å². The molecule has 1 unspecified atom stereocenters. The Hall–Kier alpha value is -3.23. The number of piperidine rings is 1. The molecule has 3 N–H and O–H groups in total. The molecule has 3 heterocycles. The van der Waals surface area contributed by atoms with E-state index in [0.29, 0.717) is 31.2 Å². The second-order valence-electron chi connectivity index (χ2n) is 10.0. The molecule has 3 amide bonds. The zero-order chi connectivity index (χ0) is 23.5. The fourth-order valence-corrected chi connectivity index (χ4v) is 5.78. The van der Waals surface area contributed by atoms with E-state index >= 15 is 0 Å². The van der Waals surface area contributed by atoms with Gasteiger partial charge in [0.25, 0.3) is 5.91 Å². The summed E-state index contributed by atoms with van der Waals surface area (Å²) in [7, 11) is 0. The lowest BCUT2D eigenvalue weighted by molar-refractivity contribution is -0.129. The van der Waals surface area contributed by atoms with Crippen LogP contribution in [0, 0.1) is 29.0 Å². The van der Waals surface area contributed by atoms with Crippen molar-refractivity contribution in [3.63, 3.8) is 0 Å². The minimum Gasteiger partial charge on any atom is -0.356 e. The standard InChI is InChI=1S/C24H27FN4O4/c1-24(2)15-10-29(23(33)17-9-12-4-3-5-16(25)19(12)28-17)20(18(15)24)22(32)27-14(11-30)8-13-6-7-26-21(13)31/h3-5,9,11,13-15,18,20,28H,6-8,10H2,1-2H3,(H,26,31)(H,27,32)/t13-,14-,15?,18-,20-/m0/s1. The molecular weight excluding hydrogens is 427 g/mol. The third kappa shape index (κ3) is 3.50. The minimum atomic E-state index is -0.800. The third-order valence-corrected chi connectivity index (χ3v) is 7.77. The molecule has 5 atom stereocenters. The smallest absolute Gasteiger partial charge is 0.271 e. The summed E-state index contributed by atoms with van der Waals surface area (Å²) in [5.74, 6) is -1.48. The van der Waals surface area contributed by atoms with E-state index in [1.54, 1.807) is 18.2 Å². The number of benzene rings is 1. The molecule has 0 radical (unpaired) electrons. The van der Waals surface area contributed by atoms with Gasteiger partial charge in [-0.1, -0.05) is 26.0 Å². The number of hydrogen-bond donors (Lipinski definition) is 3. The Morgan fingerprint density at radius 2 is 2.15 bits per heavy atom. The van der Waals surface area contributed by atoms with Gasteiger partial charge in [-0.05, 0) is 42.2 Å². The number of halogens is 1. The molecule has 9 heteroatoms. The average Bonchev–Trinajstić information content (AvgIpc) is 3.30. The fraction of sp³-hybridized carbons (Fsp3) is 0.500. The highest BCUT2D eigenvalue weighted by Gasteiger charge is 2.69. The van der Waals surface area contributed by atoms with Crippen LogP contribution >= 0.6 is 0 Å². The molecule has 8 nitrogen and oxygen atoms in total. The van der Waals surface area contributed by atoms with Crippen molar-refractivity contribution in [1.82, 2.24) is 20.5 Å². The van der Waals surface area contributed by atoms with Crippen molar-refractivity contribution in [3.05, 3.63) is 35.8 Å². The number of rotatable bonds is 6. The zero-order valence-corrected chi connectivity index (χ0v) is 18.6. The maximum absolute atomic E-state index is 14.1.